The zero-order chi connectivity index (χ0) is 10.3. The first-order valence-electron chi connectivity index (χ1n) is 3.87. The zero-order valence-electron chi connectivity index (χ0n) is 7.60. The van der Waals surface area contributed by atoms with Gasteiger partial charge in [0.1, 0.15) is 0 Å². The topological polar surface area (TPSA) is 71.5 Å². The smallest absolute Gasteiger partial charge is 0.217 e. The molecule has 0 amide bonds. The lowest BCUT2D eigenvalue weighted by Gasteiger charge is -2.15. The van der Waals surface area contributed by atoms with Crippen molar-refractivity contribution in [1.29, 1.82) is 0 Å². The van der Waals surface area contributed by atoms with E-state index in [-0.39, 0.29) is 17.9 Å². The van der Waals surface area contributed by atoms with E-state index in [0.717, 1.165) is 4.31 Å². The van der Waals surface area contributed by atoms with Gasteiger partial charge in [0.15, 0.2) is 9.84 Å². The summed E-state index contributed by atoms with van der Waals surface area (Å²) in [6, 6.07) is 0. The van der Waals surface area contributed by atoms with Crippen molar-refractivity contribution in [3.05, 3.63) is 0 Å². The second kappa shape index (κ2) is 3.21. The molecule has 0 saturated carbocycles. The Morgan fingerprint density at radius 1 is 1.31 bits per heavy atom. The molecule has 0 aliphatic carbocycles. The zero-order valence-corrected chi connectivity index (χ0v) is 9.23. The molecule has 1 aliphatic rings. The van der Waals surface area contributed by atoms with Crippen LogP contribution in [0.2, 0.25) is 0 Å². The fourth-order valence-corrected chi connectivity index (χ4v) is 5.31. The summed E-state index contributed by atoms with van der Waals surface area (Å²) in [5.41, 5.74) is 0. The summed E-state index contributed by atoms with van der Waals surface area (Å²) in [6.07, 6.45) is 0.225. The minimum absolute atomic E-state index is 0.00919. The van der Waals surface area contributed by atoms with Crippen molar-refractivity contribution in [2.24, 2.45) is 0 Å². The third kappa shape index (κ3) is 2.21. The lowest BCUT2D eigenvalue weighted by molar-refractivity contribution is 0.508. The van der Waals surface area contributed by atoms with Gasteiger partial charge < -0.3 is 0 Å². The first-order chi connectivity index (χ1) is 5.76. The summed E-state index contributed by atoms with van der Waals surface area (Å²) in [5.74, 6) is -0.238. The van der Waals surface area contributed by atoms with Gasteiger partial charge in [-0.15, -0.1) is 0 Å². The number of hydrogen-bond donors (Lipinski definition) is 0. The van der Waals surface area contributed by atoms with Gasteiger partial charge in [-0.2, -0.15) is 0 Å². The van der Waals surface area contributed by atoms with Crippen LogP contribution >= 0.6 is 0 Å². The largest absolute Gasteiger partial charge is 0.229 e. The van der Waals surface area contributed by atoms with Crippen LogP contribution in [0.5, 0.6) is 0 Å². The molecule has 0 unspecified atom stereocenters. The van der Waals surface area contributed by atoms with Crippen LogP contribution in [0.15, 0.2) is 0 Å². The van der Waals surface area contributed by atoms with Crippen molar-refractivity contribution in [2.75, 3.05) is 25.6 Å². The molecule has 78 valence electrons. The molecule has 0 N–H and O–H groups in total. The van der Waals surface area contributed by atoms with Gasteiger partial charge in [0, 0.05) is 14.1 Å². The normalized spacial score (nSPS) is 28.1. The fraction of sp³-hybridized carbons (Fsp3) is 1.00. The second-order valence-corrected chi connectivity index (χ2v) is 8.01. The van der Waals surface area contributed by atoms with Gasteiger partial charge >= 0.3 is 0 Å². The Balaban J connectivity index is 2.90. The molecule has 1 aliphatic heterocycles. The number of nitrogens with zero attached hydrogens (tertiary/aromatic N) is 1. The molecule has 0 bridgehead atoms. The minimum atomic E-state index is -3.39. The highest BCUT2D eigenvalue weighted by molar-refractivity contribution is 7.95. The fourth-order valence-electron chi connectivity index (χ4n) is 1.29. The van der Waals surface area contributed by atoms with Gasteiger partial charge in [0.2, 0.25) is 10.0 Å². The Labute approximate surface area is 78.7 Å². The van der Waals surface area contributed by atoms with Gasteiger partial charge in [-0.3, -0.25) is 0 Å². The Morgan fingerprint density at radius 3 is 2.15 bits per heavy atom. The van der Waals surface area contributed by atoms with Crippen molar-refractivity contribution in [3.8, 4) is 0 Å². The first-order valence-corrected chi connectivity index (χ1v) is 7.20. The van der Waals surface area contributed by atoms with Gasteiger partial charge in [0.05, 0.1) is 16.8 Å². The van der Waals surface area contributed by atoms with E-state index in [0.29, 0.717) is 0 Å². The average Bonchev–Trinajstić information content (AvgIpc) is 2.30. The van der Waals surface area contributed by atoms with Crippen LogP contribution < -0.4 is 0 Å². The Kier molecular flexibility index (Phi) is 2.70. The molecular formula is C6H13NO4S2. The molecule has 0 aromatic rings. The summed E-state index contributed by atoms with van der Waals surface area (Å²) in [7, 11) is -3.68. The van der Waals surface area contributed by atoms with Crippen LogP contribution in [0.3, 0.4) is 0 Å². The van der Waals surface area contributed by atoms with Crippen LogP contribution in [-0.4, -0.2) is 52.0 Å². The predicted octanol–water partition coefficient (Wildman–Crippen LogP) is -0.935. The number of rotatable bonds is 2. The highest BCUT2D eigenvalue weighted by atomic mass is 32.2. The molecule has 0 radical (unpaired) electrons. The molecule has 5 nitrogen and oxygen atoms in total. The SMILES string of the molecule is CN(C)S(=O)(=O)[C@@H]1CCS(=O)(=O)C1. The quantitative estimate of drug-likeness (QED) is 0.610. The molecule has 1 fully saturated rings. The summed E-state index contributed by atoms with van der Waals surface area (Å²) in [5, 5.41) is -0.743. The van der Waals surface area contributed by atoms with Gasteiger partial charge in [-0.1, -0.05) is 0 Å². The van der Waals surface area contributed by atoms with Crippen molar-refractivity contribution < 1.29 is 16.8 Å². The molecule has 1 rings (SSSR count). The molecule has 0 aromatic heterocycles. The highest BCUT2D eigenvalue weighted by Gasteiger charge is 2.38. The van der Waals surface area contributed by atoms with Crippen LogP contribution in [0, 0.1) is 0 Å². The molecule has 0 spiro atoms. The van der Waals surface area contributed by atoms with E-state index >= 15 is 0 Å². The first kappa shape index (κ1) is 10.9. The summed E-state index contributed by atoms with van der Waals surface area (Å²) >= 11 is 0. The Hall–Kier alpha value is -0.140. The average molecular weight is 227 g/mol. The van der Waals surface area contributed by atoms with Crippen molar-refractivity contribution in [1.82, 2.24) is 4.31 Å². The minimum Gasteiger partial charge on any atom is -0.229 e. The molecule has 1 atom stereocenters. The molecule has 7 heteroatoms. The summed E-state index contributed by atoms with van der Waals surface area (Å²) in [4.78, 5) is 0. The van der Waals surface area contributed by atoms with Crippen LogP contribution in [0.25, 0.3) is 0 Å². The van der Waals surface area contributed by atoms with E-state index in [9.17, 15) is 16.8 Å². The lowest BCUT2D eigenvalue weighted by Crippen LogP contribution is -2.34. The van der Waals surface area contributed by atoms with E-state index in [2.05, 4.69) is 0 Å². The summed E-state index contributed by atoms with van der Waals surface area (Å²) < 4.78 is 46.1. The van der Waals surface area contributed by atoms with Crippen molar-refractivity contribution in [2.45, 2.75) is 11.7 Å². The molecule has 1 saturated heterocycles. The van der Waals surface area contributed by atoms with Crippen LogP contribution in [-0.2, 0) is 19.9 Å². The van der Waals surface area contributed by atoms with Crippen molar-refractivity contribution in [3.63, 3.8) is 0 Å². The molecule has 1 heterocycles. The summed E-state index contributed by atoms with van der Waals surface area (Å²) in [6.45, 7) is 0. The van der Waals surface area contributed by atoms with E-state index in [1.165, 1.54) is 14.1 Å². The maximum absolute atomic E-state index is 11.5. The third-order valence-corrected chi connectivity index (χ3v) is 6.36. The number of sulfone groups is 1. The molecular weight excluding hydrogens is 214 g/mol. The van der Waals surface area contributed by atoms with E-state index in [1.807, 2.05) is 0 Å². The lowest BCUT2D eigenvalue weighted by atomic mass is 10.4. The van der Waals surface area contributed by atoms with E-state index < -0.39 is 25.1 Å². The van der Waals surface area contributed by atoms with Gasteiger partial charge in [-0.25, -0.2) is 21.1 Å². The highest BCUT2D eigenvalue weighted by Crippen LogP contribution is 2.20. The van der Waals surface area contributed by atoms with Gasteiger partial charge in [-0.05, 0) is 6.42 Å². The predicted molar refractivity (Wildman–Crippen MR) is 49.7 cm³/mol. The van der Waals surface area contributed by atoms with Gasteiger partial charge in [0.25, 0.3) is 0 Å². The molecule has 13 heavy (non-hydrogen) atoms. The van der Waals surface area contributed by atoms with Crippen LogP contribution in [0.4, 0.5) is 0 Å². The van der Waals surface area contributed by atoms with E-state index in [4.69, 9.17) is 0 Å². The standard InChI is InChI=1S/C6H13NO4S2/c1-7(2)13(10,11)6-3-4-12(8,9)5-6/h6H,3-5H2,1-2H3/t6-/m1/s1. The molecule has 0 aromatic carbocycles. The maximum atomic E-state index is 11.5. The van der Waals surface area contributed by atoms with Crippen LogP contribution in [0.1, 0.15) is 6.42 Å². The Morgan fingerprint density at radius 2 is 1.85 bits per heavy atom. The number of sulfonamides is 1. The van der Waals surface area contributed by atoms with E-state index in [1.54, 1.807) is 0 Å². The van der Waals surface area contributed by atoms with Crippen molar-refractivity contribution >= 4 is 19.9 Å². The monoisotopic (exact) mass is 227 g/mol. The maximum Gasteiger partial charge on any atom is 0.217 e. The Bertz CT molecular complexity index is 381. The second-order valence-electron chi connectivity index (χ2n) is 3.35. The number of hydrogen-bond acceptors (Lipinski definition) is 4. The third-order valence-electron chi connectivity index (χ3n) is 2.12.